The van der Waals surface area contributed by atoms with Gasteiger partial charge in [0.05, 0.1) is 6.61 Å². The molecular formula is C17H25NO3. The Labute approximate surface area is 126 Å². The van der Waals surface area contributed by atoms with E-state index < -0.39 is 6.10 Å². The molecule has 1 unspecified atom stereocenters. The molecule has 0 bridgehead atoms. The van der Waals surface area contributed by atoms with Crippen LogP contribution in [0.25, 0.3) is 0 Å². The molecule has 1 fully saturated rings. The van der Waals surface area contributed by atoms with Crippen LogP contribution in [0.15, 0.2) is 24.3 Å². The van der Waals surface area contributed by atoms with Gasteiger partial charge in [0.1, 0.15) is 5.75 Å². The average Bonchev–Trinajstić information content (AvgIpc) is 2.94. The summed E-state index contributed by atoms with van der Waals surface area (Å²) >= 11 is 0. The largest absolute Gasteiger partial charge is 0.481 e. The van der Waals surface area contributed by atoms with Gasteiger partial charge in [-0.1, -0.05) is 25.0 Å². The molecule has 0 aromatic heterocycles. The molecule has 1 saturated carbocycles. The fourth-order valence-electron chi connectivity index (χ4n) is 2.88. The molecule has 0 saturated heterocycles. The van der Waals surface area contributed by atoms with Crippen molar-refractivity contribution >= 4 is 5.91 Å². The molecule has 1 aromatic rings. The first-order valence-corrected chi connectivity index (χ1v) is 7.67. The van der Waals surface area contributed by atoms with Crippen molar-refractivity contribution in [3.8, 4) is 5.75 Å². The molecular weight excluding hydrogens is 266 g/mol. The van der Waals surface area contributed by atoms with Gasteiger partial charge in [-0.25, -0.2) is 0 Å². The van der Waals surface area contributed by atoms with E-state index >= 15 is 0 Å². The highest BCUT2D eigenvalue weighted by atomic mass is 16.5. The predicted molar refractivity (Wildman–Crippen MR) is 82.3 cm³/mol. The summed E-state index contributed by atoms with van der Waals surface area (Å²) < 4.78 is 5.66. The first-order valence-electron chi connectivity index (χ1n) is 7.67. The molecule has 1 aliphatic rings. The fraction of sp³-hybridized carbons (Fsp3) is 0.588. The van der Waals surface area contributed by atoms with E-state index in [4.69, 9.17) is 4.74 Å². The van der Waals surface area contributed by atoms with Crippen molar-refractivity contribution in [3.63, 3.8) is 0 Å². The summed E-state index contributed by atoms with van der Waals surface area (Å²) in [6.45, 7) is 4.41. The number of rotatable bonds is 6. The molecule has 1 atom stereocenters. The van der Waals surface area contributed by atoms with Crippen molar-refractivity contribution in [1.29, 1.82) is 0 Å². The van der Waals surface area contributed by atoms with E-state index in [2.05, 4.69) is 5.32 Å². The highest BCUT2D eigenvalue weighted by molar-refractivity contribution is 5.80. The zero-order chi connectivity index (χ0) is 15.3. The zero-order valence-corrected chi connectivity index (χ0v) is 12.9. The van der Waals surface area contributed by atoms with Crippen molar-refractivity contribution in [2.45, 2.75) is 45.6 Å². The number of carbonyl (C=O) groups is 1. The Morgan fingerprint density at radius 1 is 1.43 bits per heavy atom. The lowest BCUT2D eigenvalue weighted by atomic mass is 9.87. The third-order valence-corrected chi connectivity index (χ3v) is 4.31. The molecule has 0 aliphatic heterocycles. The molecule has 4 heteroatoms. The molecule has 21 heavy (non-hydrogen) atoms. The molecule has 0 spiro atoms. The molecule has 2 N–H and O–H groups in total. The Hall–Kier alpha value is -1.55. The number of aliphatic hydroxyl groups excluding tert-OH is 1. The normalized spacial score (nSPS) is 18.2. The summed E-state index contributed by atoms with van der Waals surface area (Å²) in [5, 5.41) is 12.5. The quantitative estimate of drug-likeness (QED) is 0.846. The predicted octanol–water partition coefficient (Wildman–Crippen LogP) is 2.43. The second-order valence-electron chi connectivity index (χ2n) is 6.16. The lowest BCUT2D eigenvalue weighted by Gasteiger charge is -2.27. The van der Waals surface area contributed by atoms with Crippen molar-refractivity contribution in [2.75, 3.05) is 13.2 Å². The SMILES string of the molecule is Cc1cccc(OC(C)C(=O)NCC2(CO)CCCC2)c1. The van der Waals surface area contributed by atoms with Gasteiger partial charge >= 0.3 is 0 Å². The zero-order valence-electron chi connectivity index (χ0n) is 12.9. The lowest BCUT2D eigenvalue weighted by molar-refractivity contribution is -0.127. The minimum absolute atomic E-state index is 0.126. The molecule has 116 valence electrons. The van der Waals surface area contributed by atoms with Crippen LogP contribution in [0, 0.1) is 12.3 Å². The van der Waals surface area contributed by atoms with Gasteiger partial charge < -0.3 is 15.2 Å². The van der Waals surface area contributed by atoms with Gasteiger partial charge in [-0.2, -0.15) is 0 Å². The second kappa shape index (κ2) is 6.94. The first kappa shape index (κ1) is 15.8. The molecule has 0 radical (unpaired) electrons. The summed E-state index contributed by atoms with van der Waals surface area (Å²) in [6, 6.07) is 7.66. The smallest absolute Gasteiger partial charge is 0.260 e. The van der Waals surface area contributed by atoms with E-state index in [-0.39, 0.29) is 17.9 Å². The summed E-state index contributed by atoms with van der Waals surface area (Å²) in [4.78, 5) is 12.1. The Bertz CT molecular complexity index is 481. The number of hydrogen-bond donors (Lipinski definition) is 2. The molecule has 1 aromatic carbocycles. The Morgan fingerprint density at radius 2 is 2.14 bits per heavy atom. The maximum Gasteiger partial charge on any atom is 0.260 e. The number of aryl methyl sites for hydroxylation is 1. The highest BCUT2D eigenvalue weighted by Crippen LogP contribution is 2.36. The number of amides is 1. The van der Waals surface area contributed by atoms with Gasteiger partial charge in [0.15, 0.2) is 6.10 Å². The number of aliphatic hydroxyl groups is 1. The van der Waals surface area contributed by atoms with Crippen LogP contribution >= 0.6 is 0 Å². The van der Waals surface area contributed by atoms with Crippen LogP contribution in [0.3, 0.4) is 0 Å². The number of nitrogens with one attached hydrogen (secondary N) is 1. The van der Waals surface area contributed by atoms with Crippen molar-refractivity contribution < 1.29 is 14.6 Å². The fourth-order valence-corrected chi connectivity index (χ4v) is 2.88. The van der Waals surface area contributed by atoms with Crippen LogP contribution in [0.4, 0.5) is 0 Å². The number of hydrogen-bond acceptors (Lipinski definition) is 3. The van der Waals surface area contributed by atoms with Crippen LogP contribution < -0.4 is 10.1 Å². The maximum atomic E-state index is 12.1. The van der Waals surface area contributed by atoms with Crippen LogP contribution in [0.2, 0.25) is 0 Å². The molecule has 0 heterocycles. The minimum Gasteiger partial charge on any atom is -0.481 e. The highest BCUT2D eigenvalue weighted by Gasteiger charge is 2.33. The van der Waals surface area contributed by atoms with E-state index in [9.17, 15) is 9.90 Å². The van der Waals surface area contributed by atoms with Gasteiger partial charge in [-0.05, 0) is 44.4 Å². The summed E-state index contributed by atoms with van der Waals surface area (Å²) in [6.07, 6.45) is 3.69. The van der Waals surface area contributed by atoms with E-state index in [0.29, 0.717) is 12.3 Å². The van der Waals surface area contributed by atoms with Gasteiger partial charge in [-0.15, -0.1) is 0 Å². The third kappa shape index (κ3) is 4.21. The molecule has 2 rings (SSSR count). The van der Waals surface area contributed by atoms with Crippen LogP contribution in [0.5, 0.6) is 5.75 Å². The summed E-state index contributed by atoms with van der Waals surface area (Å²) in [7, 11) is 0. The number of ether oxygens (including phenoxy) is 1. The lowest BCUT2D eigenvalue weighted by Crippen LogP contribution is -2.43. The Balaban J connectivity index is 1.85. The first-order chi connectivity index (χ1) is 10.0. The number of benzene rings is 1. The van der Waals surface area contributed by atoms with Crippen molar-refractivity contribution in [2.24, 2.45) is 5.41 Å². The van der Waals surface area contributed by atoms with Crippen molar-refractivity contribution in [1.82, 2.24) is 5.32 Å². The number of carbonyl (C=O) groups excluding carboxylic acids is 1. The maximum absolute atomic E-state index is 12.1. The summed E-state index contributed by atoms with van der Waals surface area (Å²) in [5.41, 5.74) is 0.976. The molecule has 1 aliphatic carbocycles. The molecule has 1 amide bonds. The Morgan fingerprint density at radius 3 is 2.76 bits per heavy atom. The van der Waals surface area contributed by atoms with E-state index in [1.165, 1.54) is 0 Å². The minimum atomic E-state index is -0.538. The van der Waals surface area contributed by atoms with Gasteiger partial charge in [0, 0.05) is 12.0 Å². The standard InChI is InChI=1S/C17H25NO3/c1-13-6-5-7-15(10-13)21-14(2)16(20)18-11-17(12-19)8-3-4-9-17/h5-7,10,14,19H,3-4,8-9,11-12H2,1-2H3,(H,18,20). The monoisotopic (exact) mass is 291 g/mol. The average molecular weight is 291 g/mol. The van der Waals surface area contributed by atoms with Crippen LogP contribution in [-0.2, 0) is 4.79 Å². The van der Waals surface area contributed by atoms with Gasteiger partial charge in [0.2, 0.25) is 0 Å². The van der Waals surface area contributed by atoms with E-state index in [1.807, 2.05) is 31.2 Å². The van der Waals surface area contributed by atoms with Gasteiger partial charge in [-0.3, -0.25) is 4.79 Å². The summed E-state index contributed by atoms with van der Waals surface area (Å²) in [5.74, 6) is 0.576. The second-order valence-corrected chi connectivity index (χ2v) is 6.16. The topological polar surface area (TPSA) is 58.6 Å². The van der Waals surface area contributed by atoms with Crippen LogP contribution in [0.1, 0.15) is 38.2 Å². The molecule has 4 nitrogen and oxygen atoms in total. The van der Waals surface area contributed by atoms with Crippen LogP contribution in [-0.4, -0.2) is 30.3 Å². The van der Waals surface area contributed by atoms with E-state index in [1.54, 1.807) is 6.92 Å². The van der Waals surface area contributed by atoms with Crippen molar-refractivity contribution in [3.05, 3.63) is 29.8 Å². The van der Waals surface area contributed by atoms with E-state index in [0.717, 1.165) is 31.2 Å². The Kier molecular flexibility index (Phi) is 5.23. The third-order valence-electron chi connectivity index (χ3n) is 4.31. The van der Waals surface area contributed by atoms with Gasteiger partial charge in [0.25, 0.3) is 5.91 Å².